The molecule has 25 heavy (non-hydrogen) atoms. The number of nitrogens with one attached hydrogen (secondary N) is 2. The van der Waals surface area contributed by atoms with Gasteiger partial charge in [-0.2, -0.15) is 0 Å². The summed E-state index contributed by atoms with van der Waals surface area (Å²) in [6, 6.07) is 11.3. The van der Waals surface area contributed by atoms with Gasteiger partial charge in [0.2, 0.25) is 0 Å². The molecule has 2 rings (SSSR count). The van der Waals surface area contributed by atoms with Crippen molar-refractivity contribution in [1.82, 2.24) is 0 Å². The average molecular weight is 347 g/mol. The van der Waals surface area contributed by atoms with Crippen LogP contribution in [0.25, 0.3) is 0 Å². The van der Waals surface area contributed by atoms with Gasteiger partial charge in [-0.05, 0) is 31.2 Å². The SMILES string of the molecule is COc1ccc(C[NH+](C)[C@H](C)C(=O)Nc2ccccc2F)c(OC)c1. The number of quaternary nitrogens is 1. The lowest BCUT2D eigenvalue weighted by atomic mass is 10.1. The number of carbonyl (C=O) groups excluding carboxylic acids is 1. The number of hydrogen-bond donors (Lipinski definition) is 2. The Morgan fingerprint density at radius 3 is 2.56 bits per heavy atom. The van der Waals surface area contributed by atoms with Gasteiger partial charge in [0, 0.05) is 11.6 Å². The van der Waals surface area contributed by atoms with Gasteiger partial charge in [-0.25, -0.2) is 4.39 Å². The van der Waals surface area contributed by atoms with Crippen LogP contribution >= 0.6 is 0 Å². The van der Waals surface area contributed by atoms with Crippen LogP contribution in [-0.2, 0) is 11.3 Å². The lowest BCUT2D eigenvalue weighted by Gasteiger charge is -2.22. The summed E-state index contributed by atoms with van der Waals surface area (Å²) in [6.45, 7) is 2.39. The molecule has 0 aliphatic rings. The topological polar surface area (TPSA) is 52.0 Å². The maximum atomic E-state index is 13.7. The van der Waals surface area contributed by atoms with E-state index in [9.17, 15) is 9.18 Å². The molecule has 134 valence electrons. The molecule has 0 saturated carbocycles. The van der Waals surface area contributed by atoms with Crippen molar-refractivity contribution in [3.05, 3.63) is 53.8 Å². The number of halogens is 1. The van der Waals surface area contributed by atoms with Gasteiger partial charge in [0.05, 0.1) is 27.0 Å². The summed E-state index contributed by atoms with van der Waals surface area (Å²) >= 11 is 0. The summed E-state index contributed by atoms with van der Waals surface area (Å²) in [5.41, 5.74) is 1.15. The fourth-order valence-electron chi connectivity index (χ4n) is 2.48. The molecule has 0 heterocycles. The first-order valence-corrected chi connectivity index (χ1v) is 8.05. The zero-order valence-electron chi connectivity index (χ0n) is 14.9. The van der Waals surface area contributed by atoms with Crippen LogP contribution < -0.4 is 19.7 Å². The maximum Gasteiger partial charge on any atom is 0.282 e. The molecule has 1 unspecified atom stereocenters. The van der Waals surface area contributed by atoms with Crippen molar-refractivity contribution in [1.29, 1.82) is 0 Å². The molecule has 5 nitrogen and oxygen atoms in total. The molecule has 2 atom stereocenters. The largest absolute Gasteiger partial charge is 0.497 e. The predicted molar refractivity (Wildman–Crippen MR) is 94.6 cm³/mol. The molecule has 0 aromatic heterocycles. The average Bonchev–Trinajstić information content (AvgIpc) is 2.63. The van der Waals surface area contributed by atoms with Crippen molar-refractivity contribution in [3.8, 4) is 11.5 Å². The minimum atomic E-state index is -0.447. The Kier molecular flexibility index (Phi) is 6.36. The summed E-state index contributed by atoms with van der Waals surface area (Å²) in [7, 11) is 5.11. The molecule has 0 radical (unpaired) electrons. The molecule has 0 bridgehead atoms. The first-order chi connectivity index (χ1) is 12.0. The second-order valence-corrected chi connectivity index (χ2v) is 5.89. The molecule has 1 amide bonds. The van der Waals surface area contributed by atoms with Crippen molar-refractivity contribution < 1.29 is 23.6 Å². The van der Waals surface area contributed by atoms with Crippen molar-refractivity contribution >= 4 is 11.6 Å². The van der Waals surface area contributed by atoms with E-state index >= 15 is 0 Å². The van der Waals surface area contributed by atoms with E-state index in [1.54, 1.807) is 32.4 Å². The highest BCUT2D eigenvalue weighted by atomic mass is 19.1. The zero-order valence-corrected chi connectivity index (χ0v) is 14.9. The number of methoxy groups -OCH3 is 2. The minimum Gasteiger partial charge on any atom is -0.497 e. The lowest BCUT2D eigenvalue weighted by Crippen LogP contribution is -3.12. The normalized spacial score (nSPS) is 13.0. The highest BCUT2D eigenvalue weighted by Gasteiger charge is 2.24. The molecule has 0 spiro atoms. The summed E-state index contributed by atoms with van der Waals surface area (Å²) in [5, 5.41) is 2.64. The number of rotatable bonds is 7. The van der Waals surface area contributed by atoms with E-state index in [0.717, 1.165) is 10.5 Å². The Morgan fingerprint density at radius 1 is 1.20 bits per heavy atom. The van der Waals surface area contributed by atoms with Crippen LogP contribution in [0.3, 0.4) is 0 Å². The summed E-state index contributed by atoms with van der Waals surface area (Å²) < 4.78 is 24.3. The van der Waals surface area contributed by atoms with Gasteiger partial charge in [-0.1, -0.05) is 12.1 Å². The van der Waals surface area contributed by atoms with Crippen molar-refractivity contribution in [2.24, 2.45) is 0 Å². The number of amides is 1. The zero-order chi connectivity index (χ0) is 18.4. The van der Waals surface area contributed by atoms with Crippen molar-refractivity contribution in [3.63, 3.8) is 0 Å². The van der Waals surface area contributed by atoms with Crippen molar-refractivity contribution in [2.75, 3.05) is 26.6 Å². The fraction of sp³-hybridized carbons (Fsp3) is 0.316. The van der Waals surface area contributed by atoms with E-state index in [4.69, 9.17) is 9.47 Å². The van der Waals surface area contributed by atoms with Crippen molar-refractivity contribution in [2.45, 2.75) is 19.5 Å². The molecule has 0 fully saturated rings. The van der Waals surface area contributed by atoms with E-state index in [-0.39, 0.29) is 17.6 Å². The Bertz CT molecular complexity index is 736. The standard InChI is InChI=1S/C19H23FN2O3/c1-13(19(23)21-17-8-6-5-7-16(17)20)22(2)12-14-9-10-15(24-3)11-18(14)25-4/h5-11,13H,12H2,1-4H3,(H,21,23)/p+1/t13-/m1/s1. The minimum absolute atomic E-state index is 0.189. The van der Waals surface area contributed by atoms with Crippen LogP contribution in [0.1, 0.15) is 12.5 Å². The fourth-order valence-corrected chi connectivity index (χ4v) is 2.48. The second-order valence-electron chi connectivity index (χ2n) is 5.89. The first kappa shape index (κ1) is 18.7. The van der Waals surface area contributed by atoms with E-state index in [0.29, 0.717) is 18.0 Å². The highest BCUT2D eigenvalue weighted by Crippen LogP contribution is 2.23. The smallest absolute Gasteiger partial charge is 0.282 e. The molecular weight excluding hydrogens is 323 g/mol. The number of hydrogen-bond acceptors (Lipinski definition) is 3. The number of ether oxygens (including phenoxy) is 2. The number of carbonyl (C=O) groups is 1. The third-order valence-electron chi connectivity index (χ3n) is 4.23. The number of benzene rings is 2. The van der Waals surface area contributed by atoms with Gasteiger partial charge in [-0.3, -0.25) is 4.79 Å². The summed E-state index contributed by atoms with van der Waals surface area (Å²) in [5.74, 6) is 0.733. The Morgan fingerprint density at radius 2 is 1.92 bits per heavy atom. The van der Waals surface area contributed by atoms with Gasteiger partial charge in [0.15, 0.2) is 6.04 Å². The van der Waals surface area contributed by atoms with Gasteiger partial charge >= 0.3 is 0 Å². The van der Waals surface area contributed by atoms with Gasteiger partial charge < -0.3 is 19.7 Å². The lowest BCUT2D eigenvalue weighted by molar-refractivity contribution is -0.907. The molecular formula is C19H24FN2O3+. The van der Waals surface area contributed by atoms with Crippen LogP contribution in [0.4, 0.5) is 10.1 Å². The maximum absolute atomic E-state index is 13.7. The van der Waals surface area contributed by atoms with Crippen LogP contribution in [0.15, 0.2) is 42.5 Å². The first-order valence-electron chi connectivity index (χ1n) is 8.05. The van der Waals surface area contributed by atoms with Crippen LogP contribution in [0, 0.1) is 5.82 Å². The van der Waals surface area contributed by atoms with Gasteiger partial charge in [0.1, 0.15) is 23.9 Å². The van der Waals surface area contributed by atoms with Gasteiger partial charge in [0.25, 0.3) is 5.91 Å². The summed E-state index contributed by atoms with van der Waals surface area (Å²) in [6.07, 6.45) is 0. The number of likely N-dealkylation sites (N-methyl/N-ethyl adjacent to an activating group) is 1. The molecule has 2 aromatic rings. The van der Waals surface area contributed by atoms with Crippen LogP contribution in [0.2, 0.25) is 0 Å². The van der Waals surface area contributed by atoms with E-state index in [1.165, 1.54) is 6.07 Å². The Labute approximate surface area is 147 Å². The molecule has 2 N–H and O–H groups in total. The monoisotopic (exact) mass is 347 g/mol. The van der Waals surface area contributed by atoms with E-state index in [1.807, 2.05) is 32.2 Å². The third-order valence-corrected chi connectivity index (χ3v) is 4.23. The van der Waals surface area contributed by atoms with Gasteiger partial charge in [-0.15, -0.1) is 0 Å². The number of anilines is 1. The molecule has 0 saturated heterocycles. The second kappa shape index (κ2) is 8.48. The van der Waals surface area contributed by atoms with Crippen LogP contribution in [0.5, 0.6) is 11.5 Å². The predicted octanol–water partition coefficient (Wildman–Crippen LogP) is 1.88. The van der Waals surface area contributed by atoms with Crippen LogP contribution in [-0.4, -0.2) is 33.2 Å². The third kappa shape index (κ3) is 4.70. The summed E-state index contributed by atoms with van der Waals surface area (Å²) in [4.78, 5) is 13.4. The van der Waals surface area contributed by atoms with E-state index in [2.05, 4.69) is 5.32 Å². The Hall–Kier alpha value is -2.60. The molecule has 6 heteroatoms. The molecule has 0 aliphatic heterocycles. The number of para-hydroxylation sites is 1. The highest BCUT2D eigenvalue weighted by molar-refractivity contribution is 5.93. The molecule has 0 aliphatic carbocycles. The molecule has 2 aromatic carbocycles. The Balaban J connectivity index is 2.06. The quantitative estimate of drug-likeness (QED) is 0.804. The van der Waals surface area contributed by atoms with E-state index < -0.39 is 5.82 Å².